The van der Waals surface area contributed by atoms with Crippen LogP contribution >= 0.6 is 27.5 Å². The van der Waals surface area contributed by atoms with Crippen molar-refractivity contribution in [2.75, 3.05) is 24.5 Å². The summed E-state index contributed by atoms with van der Waals surface area (Å²) in [4.78, 5) is 28.3. The van der Waals surface area contributed by atoms with E-state index in [4.69, 9.17) is 16.3 Å². The molecule has 3 aromatic carbocycles. The average molecular weight is 651 g/mol. The van der Waals surface area contributed by atoms with E-state index in [-0.39, 0.29) is 23.0 Å². The van der Waals surface area contributed by atoms with Crippen molar-refractivity contribution in [3.05, 3.63) is 87.9 Å². The van der Waals surface area contributed by atoms with Crippen LogP contribution in [-0.2, 0) is 26.2 Å². The zero-order valence-corrected chi connectivity index (χ0v) is 25.8. The molecule has 0 saturated carbocycles. The quantitative estimate of drug-likeness (QED) is 0.242. The van der Waals surface area contributed by atoms with Gasteiger partial charge in [-0.3, -0.25) is 13.9 Å². The molecule has 0 aliphatic rings. The Balaban J connectivity index is 2.00. The molecule has 40 heavy (non-hydrogen) atoms. The van der Waals surface area contributed by atoms with Crippen LogP contribution in [0.15, 0.2) is 82.2 Å². The SMILES string of the molecule is CCCCNC(=O)C(C)N(Cc1cccc(Br)c1)C(=O)CN(c1cccc(Cl)c1)S(=O)(=O)c1ccc(OC)cc1. The summed E-state index contributed by atoms with van der Waals surface area (Å²) in [5.41, 5.74) is 1.00. The van der Waals surface area contributed by atoms with Crippen molar-refractivity contribution in [1.82, 2.24) is 10.2 Å². The van der Waals surface area contributed by atoms with Gasteiger partial charge in [-0.25, -0.2) is 8.42 Å². The second-order valence-corrected chi connectivity index (χ2v) is 12.4. The van der Waals surface area contributed by atoms with Gasteiger partial charge in [-0.2, -0.15) is 0 Å². The molecule has 0 fully saturated rings. The van der Waals surface area contributed by atoms with Crippen molar-refractivity contribution in [2.24, 2.45) is 0 Å². The zero-order valence-electron chi connectivity index (χ0n) is 22.6. The summed E-state index contributed by atoms with van der Waals surface area (Å²) in [5.74, 6) is -0.369. The number of hydrogen-bond donors (Lipinski definition) is 1. The zero-order chi connectivity index (χ0) is 29.3. The third-order valence-electron chi connectivity index (χ3n) is 6.26. The van der Waals surface area contributed by atoms with Crippen LogP contribution in [0.5, 0.6) is 5.75 Å². The Labute approximate surface area is 249 Å². The largest absolute Gasteiger partial charge is 0.497 e. The minimum Gasteiger partial charge on any atom is -0.497 e. The van der Waals surface area contributed by atoms with Gasteiger partial charge in [0.1, 0.15) is 18.3 Å². The maximum Gasteiger partial charge on any atom is 0.264 e. The molecule has 0 saturated heterocycles. The predicted octanol–water partition coefficient (Wildman–Crippen LogP) is 5.64. The summed E-state index contributed by atoms with van der Waals surface area (Å²) in [6, 6.07) is 18.7. The predicted molar refractivity (Wildman–Crippen MR) is 161 cm³/mol. The van der Waals surface area contributed by atoms with Crippen molar-refractivity contribution in [3.63, 3.8) is 0 Å². The molecule has 0 aromatic heterocycles. The summed E-state index contributed by atoms with van der Waals surface area (Å²) in [5, 5.41) is 3.19. The number of ether oxygens (including phenoxy) is 1. The van der Waals surface area contributed by atoms with E-state index in [1.807, 2.05) is 31.2 Å². The first-order chi connectivity index (χ1) is 19.1. The molecular formula is C29H33BrClN3O5S. The monoisotopic (exact) mass is 649 g/mol. The van der Waals surface area contributed by atoms with Gasteiger partial charge in [-0.15, -0.1) is 0 Å². The Hall–Kier alpha value is -3.08. The van der Waals surface area contributed by atoms with Crippen LogP contribution in [0.1, 0.15) is 32.3 Å². The van der Waals surface area contributed by atoms with Crippen LogP contribution in [-0.4, -0.2) is 51.4 Å². The number of benzene rings is 3. The van der Waals surface area contributed by atoms with E-state index in [1.165, 1.54) is 42.3 Å². The number of methoxy groups -OCH3 is 1. The maximum absolute atomic E-state index is 13.9. The van der Waals surface area contributed by atoms with Gasteiger partial charge in [0, 0.05) is 22.6 Å². The second kappa shape index (κ2) is 14.5. The highest BCUT2D eigenvalue weighted by Gasteiger charge is 2.32. The lowest BCUT2D eigenvalue weighted by molar-refractivity contribution is -0.139. The lowest BCUT2D eigenvalue weighted by Gasteiger charge is -2.32. The van der Waals surface area contributed by atoms with E-state index in [0.29, 0.717) is 17.3 Å². The summed E-state index contributed by atoms with van der Waals surface area (Å²) < 4.78 is 34.7. The molecule has 1 atom stereocenters. The fraction of sp³-hybridized carbons (Fsp3) is 0.310. The van der Waals surface area contributed by atoms with E-state index in [9.17, 15) is 18.0 Å². The lowest BCUT2D eigenvalue weighted by atomic mass is 10.1. The summed E-state index contributed by atoms with van der Waals surface area (Å²) >= 11 is 9.65. The van der Waals surface area contributed by atoms with Crippen molar-refractivity contribution in [3.8, 4) is 5.75 Å². The molecule has 2 amide bonds. The molecule has 214 valence electrons. The topological polar surface area (TPSA) is 96.0 Å². The Morgan fingerprint density at radius 3 is 2.38 bits per heavy atom. The Bertz CT molecular complexity index is 1420. The molecule has 3 aromatic rings. The van der Waals surface area contributed by atoms with Gasteiger partial charge in [-0.1, -0.05) is 59.1 Å². The van der Waals surface area contributed by atoms with E-state index in [1.54, 1.807) is 25.1 Å². The van der Waals surface area contributed by atoms with Gasteiger partial charge in [-0.05, 0) is 73.5 Å². The van der Waals surface area contributed by atoms with Crippen LogP contribution in [0.3, 0.4) is 0 Å². The molecule has 0 spiro atoms. The van der Waals surface area contributed by atoms with Crippen molar-refractivity contribution in [1.29, 1.82) is 0 Å². The molecule has 0 bridgehead atoms. The molecule has 0 radical (unpaired) electrons. The fourth-order valence-corrected chi connectivity index (χ4v) is 6.02. The third kappa shape index (κ3) is 8.22. The third-order valence-corrected chi connectivity index (χ3v) is 8.78. The van der Waals surface area contributed by atoms with Crippen LogP contribution in [0.2, 0.25) is 5.02 Å². The smallest absolute Gasteiger partial charge is 0.264 e. The number of anilines is 1. The van der Waals surface area contributed by atoms with E-state index in [0.717, 1.165) is 27.2 Å². The molecule has 8 nitrogen and oxygen atoms in total. The van der Waals surface area contributed by atoms with Gasteiger partial charge in [0.15, 0.2) is 0 Å². The molecule has 0 aliphatic heterocycles. The Morgan fingerprint density at radius 2 is 1.75 bits per heavy atom. The second-order valence-electron chi connectivity index (χ2n) is 9.14. The lowest BCUT2D eigenvalue weighted by Crippen LogP contribution is -2.51. The number of nitrogens with zero attached hydrogens (tertiary/aromatic N) is 2. The highest BCUT2D eigenvalue weighted by Crippen LogP contribution is 2.28. The summed E-state index contributed by atoms with van der Waals surface area (Å²) in [6.07, 6.45) is 1.72. The average Bonchev–Trinajstić information content (AvgIpc) is 2.94. The van der Waals surface area contributed by atoms with Crippen molar-refractivity contribution in [2.45, 2.75) is 44.2 Å². The number of carbonyl (C=O) groups is 2. The number of hydrogen-bond acceptors (Lipinski definition) is 5. The van der Waals surface area contributed by atoms with Crippen LogP contribution < -0.4 is 14.4 Å². The number of nitrogens with one attached hydrogen (secondary N) is 1. The number of amides is 2. The summed E-state index contributed by atoms with van der Waals surface area (Å²) in [6.45, 7) is 3.70. The van der Waals surface area contributed by atoms with Gasteiger partial charge in [0.2, 0.25) is 11.8 Å². The minimum atomic E-state index is -4.20. The number of sulfonamides is 1. The van der Waals surface area contributed by atoms with Crippen LogP contribution in [0, 0.1) is 0 Å². The fourth-order valence-electron chi connectivity index (χ4n) is 3.99. The van der Waals surface area contributed by atoms with Gasteiger partial charge in [0.05, 0.1) is 17.7 Å². The first-order valence-corrected chi connectivity index (χ1v) is 15.4. The van der Waals surface area contributed by atoms with Gasteiger partial charge in [0.25, 0.3) is 10.0 Å². The molecule has 1 N–H and O–H groups in total. The number of halogens is 2. The molecule has 3 rings (SSSR count). The minimum absolute atomic E-state index is 0.0232. The molecule has 1 unspecified atom stereocenters. The molecule has 11 heteroatoms. The van der Waals surface area contributed by atoms with E-state index < -0.39 is 28.5 Å². The molecule has 0 heterocycles. The van der Waals surface area contributed by atoms with Gasteiger partial charge >= 0.3 is 0 Å². The Morgan fingerprint density at radius 1 is 1.05 bits per heavy atom. The summed E-state index contributed by atoms with van der Waals surface area (Å²) in [7, 11) is -2.72. The highest BCUT2D eigenvalue weighted by atomic mass is 79.9. The standard InChI is InChI=1S/C29H33BrClN3O5S/c1-4-5-16-32-29(36)21(2)33(19-22-8-6-9-23(30)17-22)28(35)20-34(25-11-7-10-24(31)18-25)40(37,38)27-14-12-26(39-3)13-15-27/h6-15,17-18,21H,4-5,16,19-20H2,1-3H3,(H,32,36). The van der Waals surface area contributed by atoms with Crippen molar-refractivity contribution >= 4 is 55.1 Å². The van der Waals surface area contributed by atoms with Crippen molar-refractivity contribution < 1.29 is 22.7 Å². The number of unbranched alkanes of at least 4 members (excludes halogenated alkanes) is 1. The van der Waals surface area contributed by atoms with E-state index in [2.05, 4.69) is 21.2 Å². The van der Waals surface area contributed by atoms with Crippen LogP contribution in [0.4, 0.5) is 5.69 Å². The molecule has 0 aliphatic carbocycles. The molecular weight excluding hydrogens is 618 g/mol. The number of rotatable bonds is 13. The number of carbonyl (C=O) groups excluding carboxylic acids is 2. The maximum atomic E-state index is 13.9. The highest BCUT2D eigenvalue weighted by molar-refractivity contribution is 9.10. The Kier molecular flexibility index (Phi) is 11.4. The normalized spacial score (nSPS) is 11.9. The first kappa shape index (κ1) is 31.4. The first-order valence-electron chi connectivity index (χ1n) is 12.8. The van der Waals surface area contributed by atoms with Gasteiger partial charge < -0.3 is 15.0 Å². The van der Waals surface area contributed by atoms with Crippen LogP contribution in [0.25, 0.3) is 0 Å². The van der Waals surface area contributed by atoms with E-state index >= 15 is 0 Å².